The minimum Gasteiger partial charge on any atom is -0.465 e. The number of thioether (sulfide) groups is 1. The molecule has 5 nitrogen and oxygen atoms in total. The molecule has 0 amide bonds. The first-order valence-corrected chi connectivity index (χ1v) is 10.2. The highest BCUT2D eigenvalue weighted by atomic mass is 32.2. The van der Waals surface area contributed by atoms with Crippen molar-refractivity contribution in [1.82, 2.24) is 10.6 Å². The Bertz CT molecular complexity index is 575. The molecule has 0 saturated heterocycles. The zero-order valence-electron chi connectivity index (χ0n) is 15.4. The number of nitrogens with one attached hydrogen (secondary N) is 2. The normalized spacial score (nSPS) is 20.4. The molecule has 0 aliphatic heterocycles. The lowest BCUT2D eigenvalue weighted by molar-refractivity contribution is 0.0600. The van der Waals surface area contributed by atoms with Crippen LogP contribution in [0.5, 0.6) is 0 Å². The third-order valence-corrected chi connectivity index (χ3v) is 5.54. The molecule has 25 heavy (non-hydrogen) atoms. The van der Waals surface area contributed by atoms with Crippen LogP contribution < -0.4 is 10.6 Å². The van der Waals surface area contributed by atoms with Crippen LogP contribution in [0.1, 0.15) is 42.1 Å². The summed E-state index contributed by atoms with van der Waals surface area (Å²) in [6.07, 6.45) is 6.74. The fourth-order valence-electron chi connectivity index (χ4n) is 3.02. The molecule has 1 aliphatic rings. The number of carbonyl (C=O) groups excluding carboxylic acids is 1. The Morgan fingerprint density at radius 1 is 1.32 bits per heavy atom. The number of rotatable bonds is 7. The molecule has 1 aromatic rings. The summed E-state index contributed by atoms with van der Waals surface area (Å²) < 4.78 is 4.72. The molecule has 0 heterocycles. The van der Waals surface area contributed by atoms with Crippen molar-refractivity contribution in [2.24, 2.45) is 4.99 Å². The van der Waals surface area contributed by atoms with E-state index in [0.717, 1.165) is 29.7 Å². The number of hydrogen-bond donors (Lipinski definition) is 2. The van der Waals surface area contributed by atoms with Gasteiger partial charge in [-0.25, -0.2) is 4.79 Å². The lowest BCUT2D eigenvalue weighted by Gasteiger charge is -2.17. The van der Waals surface area contributed by atoms with E-state index in [1.165, 1.54) is 26.4 Å². The van der Waals surface area contributed by atoms with Crippen molar-refractivity contribution < 1.29 is 9.53 Å². The molecule has 0 bridgehead atoms. The summed E-state index contributed by atoms with van der Waals surface area (Å²) in [6, 6.07) is 8.05. The number of benzene rings is 1. The average molecular weight is 364 g/mol. The highest BCUT2D eigenvalue weighted by Crippen LogP contribution is 2.27. The molecule has 0 radical (unpaired) electrons. The predicted molar refractivity (Wildman–Crippen MR) is 106 cm³/mol. The molecule has 2 rings (SSSR count). The summed E-state index contributed by atoms with van der Waals surface area (Å²) in [5.74, 6) is 0.601. The summed E-state index contributed by atoms with van der Waals surface area (Å²) in [7, 11) is 1.39. The van der Waals surface area contributed by atoms with Crippen molar-refractivity contribution in [3.8, 4) is 0 Å². The van der Waals surface area contributed by atoms with Gasteiger partial charge in [-0.1, -0.05) is 12.1 Å². The van der Waals surface area contributed by atoms with Gasteiger partial charge in [-0.15, -0.1) is 0 Å². The number of esters is 1. The summed E-state index contributed by atoms with van der Waals surface area (Å²) in [6.45, 7) is 3.66. The maximum Gasteiger partial charge on any atom is 0.337 e. The first kappa shape index (κ1) is 19.6. The van der Waals surface area contributed by atoms with Gasteiger partial charge in [-0.2, -0.15) is 11.8 Å². The van der Waals surface area contributed by atoms with Crippen molar-refractivity contribution in [3.63, 3.8) is 0 Å². The first-order chi connectivity index (χ1) is 12.2. The fraction of sp³-hybridized carbons (Fsp3) is 0.579. The standard InChI is InChI=1S/C19H29N3O2S/c1-4-20-19(22-16-9-10-17(13-16)25-3)21-12-11-14-5-7-15(8-6-14)18(23)24-2/h5-8,16-17H,4,9-13H2,1-3H3,(H2,20,21,22). The van der Waals surface area contributed by atoms with E-state index < -0.39 is 0 Å². The maximum atomic E-state index is 11.4. The number of carbonyl (C=O) groups is 1. The second-order valence-corrected chi connectivity index (χ2v) is 7.35. The summed E-state index contributed by atoms with van der Waals surface area (Å²) in [4.78, 5) is 16.1. The molecular formula is C19H29N3O2S. The van der Waals surface area contributed by atoms with Crippen LogP contribution in [0.25, 0.3) is 0 Å². The van der Waals surface area contributed by atoms with Gasteiger partial charge in [0.1, 0.15) is 0 Å². The van der Waals surface area contributed by atoms with Gasteiger partial charge in [0, 0.05) is 24.4 Å². The lowest BCUT2D eigenvalue weighted by atomic mass is 10.1. The molecule has 1 aromatic carbocycles. The average Bonchev–Trinajstić information content (AvgIpc) is 3.09. The topological polar surface area (TPSA) is 62.7 Å². The van der Waals surface area contributed by atoms with Crippen LogP contribution in [0, 0.1) is 0 Å². The summed E-state index contributed by atoms with van der Waals surface area (Å²) >= 11 is 1.96. The number of nitrogens with zero attached hydrogens (tertiary/aromatic N) is 1. The zero-order valence-corrected chi connectivity index (χ0v) is 16.2. The molecular weight excluding hydrogens is 334 g/mol. The number of aliphatic imine (C=N–C) groups is 1. The Balaban J connectivity index is 1.85. The molecule has 0 spiro atoms. The largest absolute Gasteiger partial charge is 0.465 e. The lowest BCUT2D eigenvalue weighted by Crippen LogP contribution is -2.42. The Kier molecular flexibility index (Phi) is 8.12. The predicted octanol–water partition coefficient (Wildman–Crippen LogP) is 2.85. The third kappa shape index (κ3) is 6.27. The highest BCUT2D eigenvalue weighted by molar-refractivity contribution is 7.99. The van der Waals surface area contributed by atoms with Crippen molar-refractivity contribution in [2.45, 2.75) is 43.9 Å². The molecule has 0 aromatic heterocycles. The Morgan fingerprint density at radius 2 is 2.08 bits per heavy atom. The van der Waals surface area contributed by atoms with Crippen molar-refractivity contribution in [3.05, 3.63) is 35.4 Å². The van der Waals surface area contributed by atoms with Gasteiger partial charge in [-0.3, -0.25) is 4.99 Å². The van der Waals surface area contributed by atoms with Gasteiger partial charge in [-0.05, 0) is 56.6 Å². The minimum atomic E-state index is -0.302. The van der Waals surface area contributed by atoms with Crippen molar-refractivity contribution in [2.75, 3.05) is 26.5 Å². The molecule has 2 unspecified atom stereocenters. The van der Waals surface area contributed by atoms with E-state index in [0.29, 0.717) is 18.2 Å². The van der Waals surface area contributed by atoms with E-state index in [9.17, 15) is 4.79 Å². The molecule has 138 valence electrons. The number of ether oxygens (including phenoxy) is 1. The van der Waals surface area contributed by atoms with Crippen molar-refractivity contribution >= 4 is 23.7 Å². The van der Waals surface area contributed by atoms with Gasteiger partial charge in [0.25, 0.3) is 0 Å². The second kappa shape index (κ2) is 10.3. The van der Waals surface area contributed by atoms with Gasteiger partial charge >= 0.3 is 5.97 Å². The van der Waals surface area contributed by atoms with Crippen LogP contribution in [0.4, 0.5) is 0 Å². The smallest absolute Gasteiger partial charge is 0.337 e. The van der Waals surface area contributed by atoms with Gasteiger partial charge in [0.05, 0.1) is 12.7 Å². The van der Waals surface area contributed by atoms with E-state index in [1.54, 1.807) is 12.1 Å². The Morgan fingerprint density at radius 3 is 2.68 bits per heavy atom. The fourth-order valence-corrected chi connectivity index (χ4v) is 3.82. The Hall–Kier alpha value is -1.69. The van der Waals surface area contributed by atoms with Crippen LogP contribution >= 0.6 is 11.8 Å². The highest BCUT2D eigenvalue weighted by Gasteiger charge is 2.24. The zero-order chi connectivity index (χ0) is 18.1. The first-order valence-electron chi connectivity index (χ1n) is 8.91. The van der Waals surface area contributed by atoms with Gasteiger partial charge in [0.15, 0.2) is 5.96 Å². The quantitative estimate of drug-likeness (QED) is 0.443. The van der Waals surface area contributed by atoms with Gasteiger partial charge in [0.2, 0.25) is 0 Å². The number of hydrogen-bond acceptors (Lipinski definition) is 4. The summed E-state index contributed by atoms with van der Waals surface area (Å²) in [5, 5.41) is 7.67. The molecule has 2 N–H and O–H groups in total. The van der Waals surface area contributed by atoms with E-state index in [-0.39, 0.29) is 5.97 Å². The van der Waals surface area contributed by atoms with Crippen LogP contribution in [0.3, 0.4) is 0 Å². The van der Waals surface area contributed by atoms with E-state index in [2.05, 4.69) is 23.8 Å². The van der Waals surface area contributed by atoms with Crippen molar-refractivity contribution in [1.29, 1.82) is 0 Å². The number of guanidine groups is 1. The second-order valence-electron chi connectivity index (χ2n) is 6.21. The molecule has 1 aliphatic carbocycles. The molecule has 2 atom stereocenters. The van der Waals surface area contributed by atoms with E-state index in [4.69, 9.17) is 9.73 Å². The van der Waals surface area contributed by atoms with Crippen LogP contribution in [0.15, 0.2) is 29.3 Å². The number of methoxy groups -OCH3 is 1. The van der Waals surface area contributed by atoms with Crippen LogP contribution in [-0.4, -0.2) is 49.7 Å². The SMILES string of the molecule is CCNC(=NCCc1ccc(C(=O)OC)cc1)NC1CCC(SC)C1. The maximum absolute atomic E-state index is 11.4. The minimum absolute atomic E-state index is 0.302. The van der Waals surface area contributed by atoms with E-state index in [1.807, 2.05) is 23.9 Å². The monoisotopic (exact) mass is 363 g/mol. The van der Waals surface area contributed by atoms with Crippen LogP contribution in [0.2, 0.25) is 0 Å². The van der Waals surface area contributed by atoms with E-state index >= 15 is 0 Å². The Labute approximate surface area is 155 Å². The van der Waals surface area contributed by atoms with Crippen LogP contribution in [-0.2, 0) is 11.2 Å². The molecule has 1 fully saturated rings. The summed E-state index contributed by atoms with van der Waals surface area (Å²) in [5.41, 5.74) is 1.74. The molecule has 6 heteroatoms. The van der Waals surface area contributed by atoms with Gasteiger partial charge < -0.3 is 15.4 Å². The third-order valence-electron chi connectivity index (χ3n) is 4.45. The molecule has 1 saturated carbocycles.